The van der Waals surface area contributed by atoms with Gasteiger partial charge in [0.15, 0.2) is 0 Å². The van der Waals surface area contributed by atoms with Crippen LogP contribution in [-0.4, -0.2) is 44.3 Å². The van der Waals surface area contributed by atoms with Crippen molar-refractivity contribution in [2.75, 3.05) is 17.4 Å². The zero-order chi connectivity index (χ0) is 27.9. The van der Waals surface area contributed by atoms with Gasteiger partial charge in [-0.1, -0.05) is 54.4 Å². The first kappa shape index (κ1) is 29.1. The lowest BCUT2D eigenvalue weighted by molar-refractivity contribution is -0.140. The summed E-state index contributed by atoms with van der Waals surface area (Å²) in [5.41, 5.74) is 1.59. The molecule has 38 heavy (non-hydrogen) atoms. The molecular weight excluding hydrogens is 529 g/mol. The third-order valence-corrected chi connectivity index (χ3v) is 8.19. The molecule has 0 aromatic heterocycles. The Morgan fingerprint density at radius 3 is 2.18 bits per heavy atom. The standard InChI is InChI=1S/C28H31ClFN3O4S/c1-4-26(28(35)31-5-2)32(18-21-8-6-7-9-25(21)29)27(34)19-33(23-14-12-22(30)13-15-23)38(36,37)24-16-10-20(3)11-17-24/h6-17,26H,4-5,18-19H2,1-3H3,(H,31,35)/t26-/m1/s1. The van der Waals surface area contributed by atoms with Gasteiger partial charge >= 0.3 is 0 Å². The Morgan fingerprint density at radius 2 is 1.61 bits per heavy atom. The molecule has 0 aliphatic rings. The van der Waals surface area contributed by atoms with Crippen LogP contribution < -0.4 is 9.62 Å². The van der Waals surface area contributed by atoms with Crippen molar-refractivity contribution in [2.24, 2.45) is 0 Å². The van der Waals surface area contributed by atoms with Gasteiger partial charge in [-0.15, -0.1) is 0 Å². The van der Waals surface area contributed by atoms with Crippen LogP contribution in [0.4, 0.5) is 10.1 Å². The van der Waals surface area contributed by atoms with E-state index in [9.17, 15) is 22.4 Å². The number of hydrogen-bond donors (Lipinski definition) is 1. The van der Waals surface area contributed by atoms with Crippen LogP contribution in [0, 0.1) is 12.7 Å². The first-order valence-corrected chi connectivity index (χ1v) is 14.1. The predicted octanol–water partition coefficient (Wildman–Crippen LogP) is 4.93. The minimum absolute atomic E-state index is 0.00398. The molecule has 0 saturated heterocycles. The van der Waals surface area contributed by atoms with E-state index in [4.69, 9.17) is 11.6 Å². The summed E-state index contributed by atoms with van der Waals surface area (Å²) in [7, 11) is -4.22. The van der Waals surface area contributed by atoms with Crippen molar-refractivity contribution in [3.8, 4) is 0 Å². The van der Waals surface area contributed by atoms with Crippen molar-refractivity contribution in [3.05, 3.63) is 94.8 Å². The summed E-state index contributed by atoms with van der Waals surface area (Å²) in [6, 6.07) is 17.2. The highest BCUT2D eigenvalue weighted by atomic mass is 35.5. The lowest BCUT2D eigenvalue weighted by Crippen LogP contribution is -2.52. The summed E-state index contributed by atoms with van der Waals surface area (Å²) in [6.07, 6.45) is 0.295. The maximum Gasteiger partial charge on any atom is 0.264 e. The monoisotopic (exact) mass is 559 g/mol. The normalized spacial score (nSPS) is 12.0. The molecule has 0 aliphatic carbocycles. The number of benzene rings is 3. The van der Waals surface area contributed by atoms with E-state index in [1.54, 1.807) is 50.2 Å². The quantitative estimate of drug-likeness (QED) is 0.361. The molecule has 1 N–H and O–H groups in total. The van der Waals surface area contributed by atoms with Crippen LogP contribution in [-0.2, 0) is 26.2 Å². The summed E-state index contributed by atoms with van der Waals surface area (Å²) >= 11 is 6.36. The topological polar surface area (TPSA) is 86.8 Å². The van der Waals surface area contributed by atoms with E-state index < -0.39 is 34.3 Å². The Labute approximate surface area is 228 Å². The minimum atomic E-state index is -4.22. The molecule has 0 unspecified atom stereocenters. The van der Waals surface area contributed by atoms with Crippen LogP contribution >= 0.6 is 11.6 Å². The van der Waals surface area contributed by atoms with Gasteiger partial charge in [0.05, 0.1) is 10.6 Å². The number of halogens is 2. The molecule has 0 aliphatic heterocycles. The highest BCUT2D eigenvalue weighted by Gasteiger charge is 2.33. The number of rotatable bonds is 11. The van der Waals surface area contributed by atoms with Crippen LogP contribution in [0.15, 0.2) is 77.7 Å². The van der Waals surface area contributed by atoms with E-state index in [1.807, 2.05) is 6.92 Å². The smallest absolute Gasteiger partial charge is 0.264 e. The van der Waals surface area contributed by atoms with Crippen molar-refractivity contribution < 1.29 is 22.4 Å². The van der Waals surface area contributed by atoms with Crippen molar-refractivity contribution >= 4 is 39.1 Å². The third-order valence-electron chi connectivity index (χ3n) is 6.04. The van der Waals surface area contributed by atoms with E-state index in [0.717, 1.165) is 22.0 Å². The summed E-state index contributed by atoms with van der Waals surface area (Å²) in [6.45, 7) is 5.13. The van der Waals surface area contributed by atoms with E-state index in [0.29, 0.717) is 23.6 Å². The SMILES string of the molecule is CCNC(=O)[C@@H](CC)N(Cc1ccccc1Cl)C(=O)CN(c1ccc(F)cc1)S(=O)(=O)c1ccc(C)cc1. The summed E-state index contributed by atoms with van der Waals surface area (Å²) in [5, 5.41) is 3.16. The second-order valence-electron chi connectivity index (χ2n) is 8.73. The van der Waals surface area contributed by atoms with Crippen molar-refractivity contribution in [2.45, 2.75) is 44.7 Å². The number of aryl methyl sites for hydroxylation is 1. The Kier molecular flexibility index (Phi) is 9.88. The van der Waals surface area contributed by atoms with Gasteiger partial charge in [0.1, 0.15) is 18.4 Å². The molecule has 0 saturated carbocycles. The molecule has 0 radical (unpaired) electrons. The second kappa shape index (κ2) is 12.9. The number of hydrogen-bond acceptors (Lipinski definition) is 4. The fraction of sp³-hybridized carbons (Fsp3) is 0.286. The minimum Gasteiger partial charge on any atom is -0.355 e. The first-order valence-electron chi connectivity index (χ1n) is 12.2. The molecule has 7 nitrogen and oxygen atoms in total. The fourth-order valence-corrected chi connectivity index (χ4v) is 5.60. The number of amides is 2. The highest BCUT2D eigenvalue weighted by Crippen LogP contribution is 2.26. The molecule has 3 rings (SSSR count). The van der Waals surface area contributed by atoms with Crippen LogP contribution in [0.3, 0.4) is 0 Å². The molecule has 0 heterocycles. The molecular formula is C28H31ClFN3O4S. The lowest BCUT2D eigenvalue weighted by Gasteiger charge is -2.33. The summed E-state index contributed by atoms with van der Waals surface area (Å²) < 4.78 is 42.1. The number of sulfonamides is 1. The van der Waals surface area contributed by atoms with E-state index in [1.165, 1.54) is 29.2 Å². The highest BCUT2D eigenvalue weighted by molar-refractivity contribution is 7.92. The van der Waals surface area contributed by atoms with Crippen molar-refractivity contribution in [1.29, 1.82) is 0 Å². The van der Waals surface area contributed by atoms with E-state index in [2.05, 4.69) is 5.32 Å². The maximum atomic E-state index is 13.9. The van der Waals surface area contributed by atoms with Gasteiger partial charge in [-0.2, -0.15) is 0 Å². The molecule has 1 atom stereocenters. The van der Waals surface area contributed by atoms with Crippen LogP contribution in [0.25, 0.3) is 0 Å². The van der Waals surface area contributed by atoms with Gasteiger partial charge in [0.25, 0.3) is 10.0 Å². The molecule has 0 spiro atoms. The largest absolute Gasteiger partial charge is 0.355 e. The van der Waals surface area contributed by atoms with Crippen LogP contribution in [0.1, 0.15) is 31.4 Å². The maximum absolute atomic E-state index is 13.9. The Balaban J connectivity index is 2.06. The number of nitrogens with one attached hydrogen (secondary N) is 1. The number of carbonyl (C=O) groups excluding carboxylic acids is 2. The van der Waals surface area contributed by atoms with Crippen LogP contribution in [0.2, 0.25) is 5.02 Å². The number of nitrogens with zero attached hydrogens (tertiary/aromatic N) is 2. The molecule has 0 bridgehead atoms. The summed E-state index contributed by atoms with van der Waals surface area (Å²) in [4.78, 5) is 28.1. The molecule has 3 aromatic carbocycles. The molecule has 10 heteroatoms. The van der Waals surface area contributed by atoms with E-state index in [-0.39, 0.29) is 23.0 Å². The average Bonchev–Trinajstić information content (AvgIpc) is 2.89. The zero-order valence-electron chi connectivity index (χ0n) is 21.5. The number of anilines is 1. The van der Waals surface area contributed by atoms with Crippen molar-refractivity contribution in [3.63, 3.8) is 0 Å². The third kappa shape index (κ3) is 6.90. The number of carbonyl (C=O) groups is 2. The van der Waals surface area contributed by atoms with Gasteiger partial charge < -0.3 is 10.2 Å². The Hall–Kier alpha value is -3.43. The van der Waals surface area contributed by atoms with Gasteiger partial charge in [-0.05, 0) is 68.3 Å². The van der Waals surface area contributed by atoms with Gasteiger partial charge in [-0.25, -0.2) is 12.8 Å². The van der Waals surface area contributed by atoms with Gasteiger partial charge in [0, 0.05) is 18.1 Å². The lowest BCUT2D eigenvalue weighted by atomic mass is 10.1. The van der Waals surface area contributed by atoms with Crippen LogP contribution in [0.5, 0.6) is 0 Å². The van der Waals surface area contributed by atoms with Crippen molar-refractivity contribution in [1.82, 2.24) is 10.2 Å². The fourth-order valence-electron chi connectivity index (χ4n) is 4.00. The van der Waals surface area contributed by atoms with Gasteiger partial charge in [-0.3, -0.25) is 13.9 Å². The zero-order valence-corrected chi connectivity index (χ0v) is 23.1. The molecule has 202 valence electrons. The molecule has 2 amide bonds. The number of likely N-dealkylation sites (N-methyl/N-ethyl adjacent to an activating group) is 1. The second-order valence-corrected chi connectivity index (χ2v) is 11.0. The van der Waals surface area contributed by atoms with E-state index >= 15 is 0 Å². The summed E-state index contributed by atoms with van der Waals surface area (Å²) in [5.74, 6) is -1.51. The van der Waals surface area contributed by atoms with Gasteiger partial charge in [0.2, 0.25) is 11.8 Å². The molecule has 0 fully saturated rings. The average molecular weight is 560 g/mol. The predicted molar refractivity (Wildman–Crippen MR) is 147 cm³/mol. The Bertz CT molecular complexity index is 1370. The Morgan fingerprint density at radius 1 is 0.974 bits per heavy atom. The first-order chi connectivity index (χ1) is 18.1. The molecule has 3 aromatic rings.